The standard InChI is InChI=1S/C12H13NO4S/c14-9-5-4-8-13-18(16,17)10-12(15)11-6-2-1-3-7-11/h1-3,6-7,13-14H,8-10H2. The van der Waals surface area contributed by atoms with Crippen LogP contribution in [0.1, 0.15) is 10.4 Å². The first-order chi connectivity index (χ1) is 8.55. The van der Waals surface area contributed by atoms with Crippen LogP contribution in [0.15, 0.2) is 30.3 Å². The monoisotopic (exact) mass is 267 g/mol. The van der Waals surface area contributed by atoms with Crippen LogP contribution in [-0.4, -0.2) is 38.2 Å². The van der Waals surface area contributed by atoms with Crippen molar-refractivity contribution in [2.24, 2.45) is 0 Å². The van der Waals surface area contributed by atoms with Gasteiger partial charge in [-0.2, -0.15) is 0 Å². The van der Waals surface area contributed by atoms with E-state index in [1.165, 1.54) is 0 Å². The molecular weight excluding hydrogens is 254 g/mol. The molecule has 0 aliphatic rings. The summed E-state index contributed by atoms with van der Waals surface area (Å²) in [5, 5.41) is 8.38. The van der Waals surface area contributed by atoms with Gasteiger partial charge in [-0.1, -0.05) is 42.2 Å². The Morgan fingerprint density at radius 1 is 1.22 bits per heavy atom. The van der Waals surface area contributed by atoms with Gasteiger partial charge in [0.25, 0.3) is 0 Å². The minimum Gasteiger partial charge on any atom is -0.384 e. The van der Waals surface area contributed by atoms with Crippen molar-refractivity contribution in [2.45, 2.75) is 0 Å². The largest absolute Gasteiger partial charge is 0.384 e. The predicted octanol–water partition coefficient (Wildman–Crippen LogP) is -0.216. The van der Waals surface area contributed by atoms with Crippen molar-refractivity contribution in [1.82, 2.24) is 4.72 Å². The fourth-order valence-corrected chi connectivity index (χ4v) is 2.10. The third-order valence-electron chi connectivity index (χ3n) is 2.00. The van der Waals surface area contributed by atoms with Crippen molar-refractivity contribution >= 4 is 15.8 Å². The lowest BCUT2D eigenvalue weighted by Gasteiger charge is -2.03. The second kappa shape index (κ2) is 6.91. The van der Waals surface area contributed by atoms with Crippen molar-refractivity contribution in [3.8, 4) is 11.8 Å². The van der Waals surface area contributed by atoms with Crippen molar-refractivity contribution in [1.29, 1.82) is 0 Å². The molecule has 1 aromatic rings. The summed E-state index contributed by atoms with van der Waals surface area (Å²) in [4.78, 5) is 11.7. The summed E-state index contributed by atoms with van der Waals surface area (Å²) in [7, 11) is -3.69. The van der Waals surface area contributed by atoms with Crippen LogP contribution in [0.2, 0.25) is 0 Å². The zero-order valence-corrected chi connectivity index (χ0v) is 10.4. The summed E-state index contributed by atoms with van der Waals surface area (Å²) in [6.45, 7) is -0.449. The normalized spacial score (nSPS) is 10.5. The molecule has 96 valence electrons. The van der Waals surface area contributed by atoms with Gasteiger partial charge in [0.15, 0.2) is 5.78 Å². The second-order valence-corrected chi connectivity index (χ2v) is 5.19. The molecule has 0 amide bonds. The highest BCUT2D eigenvalue weighted by molar-refractivity contribution is 7.90. The number of aliphatic hydroxyl groups is 1. The number of sulfonamides is 1. The number of hydrogen-bond acceptors (Lipinski definition) is 4. The predicted molar refractivity (Wildman–Crippen MR) is 67.4 cm³/mol. The molecule has 0 aliphatic carbocycles. The Morgan fingerprint density at radius 3 is 2.50 bits per heavy atom. The SMILES string of the molecule is O=C(CS(=O)(=O)NCC#CCO)c1ccccc1. The molecule has 1 rings (SSSR count). The molecule has 18 heavy (non-hydrogen) atoms. The summed E-state index contributed by atoms with van der Waals surface area (Å²) in [5.41, 5.74) is 0.351. The third-order valence-corrected chi connectivity index (χ3v) is 3.23. The molecule has 0 saturated carbocycles. The topological polar surface area (TPSA) is 83.5 Å². The molecule has 0 heterocycles. The third kappa shape index (κ3) is 5.10. The van der Waals surface area contributed by atoms with E-state index >= 15 is 0 Å². The quantitative estimate of drug-likeness (QED) is 0.571. The lowest BCUT2D eigenvalue weighted by molar-refractivity contribution is 0.102. The molecule has 0 unspecified atom stereocenters. The molecule has 2 N–H and O–H groups in total. The Bertz CT molecular complexity index is 555. The van der Waals surface area contributed by atoms with Crippen molar-refractivity contribution in [3.63, 3.8) is 0 Å². The van der Waals surface area contributed by atoms with Crippen molar-refractivity contribution < 1.29 is 18.3 Å². The average Bonchev–Trinajstić information content (AvgIpc) is 2.35. The highest BCUT2D eigenvalue weighted by Gasteiger charge is 2.16. The molecule has 0 aliphatic heterocycles. The maximum absolute atomic E-state index is 11.7. The number of carbonyl (C=O) groups excluding carboxylic acids is 1. The van der Waals surface area contributed by atoms with E-state index in [-0.39, 0.29) is 13.2 Å². The fourth-order valence-electron chi connectivity index (χ4n) is 1.20. The zero-order valence-electron chi connectivity index (χ0n) is 9.59. The minimum absolute atomic E-state index is 0.120. The number of aliphatic hydroxyl groups excluding tert-OH is 1. The molecule has 1 aromatic carbocycles. The van der Waals surface area contributed by atoms with Gasteiger partial charge in [-0.15, -0.1) is 0 Å². The van der Waals surface area contributed by atoms with E-state index in [0.29, 0.717) is 5.56 Å². The van der Waals surface area contributed by atoms with Gasteiger partial charge in [0.1, 0.15) is 12.4 Å². The molecule has 0 bridgehead atoms. The van der Waals surface area contributed by atoms with Crippen LogP contribution in [0, 0.1) is 11.8 Å². The molecule has 0 radical (unpaired) electrons. The first-order valence-electron chi connectivity index (χ1n) is 5.17. The van der Waals surface area contributed by atoms with E-state index in [2.05, 4.69) is 16.6 Å². The number of ketones is 1. The Hall–Kier alpha value is -1.68. The van der Waals surface area contributed by atoms with Gasteiger partial charge in [-0.25, -0.2) is 13.1 Å². The Labute approximate surface area is 106 Å². The summed E-state index contributed by atoms with van der Waals surface area (Å²) < 4.78 is 25.2. The van der Waals surface area contributed by atoms with Gasteiger partial charge >= 0.3 is 0 Å². The van der Waals surface area contributed by atoms with Gasteiger partial charge in [0.2, 0.25) is 10.0 Å². The summed E-state index contributed by atoms with van der Waals surface area (Å²) >= 11 is 0. The smallest absolute Gasteiger partial charge is 0.219 e. The van der Waals surface area contributed by atoms with E-state index in [1.54, 1.807) is 30.3 Å². The molecule has 0 atom stereocenters. The van der Waals surface area contributed by atoms with E-state index in [0.717, 1.165) is 0 Å². The summed E-state index contributed by atoms with van der Waals surface area (Å²) in [5.74, 6) is 3.61. The lowest BCUT2D eigenvalue weighted by atomic mass is 10.2. The van der Waals surface area contributed by atoms with Gasteiger partial charge in [-0.3, -0.25) is 4.79 Å². The number of nitrogens with one attached hydrogen (secondary N) is 1. The Morgan fingerprint density at radius 2 is 1.89 bits per heavy atom. The van der Waals surface area contributed by atoms with Gasteiger partial charge < -0.3 is 5.11 Å². The van der Waals surface area contributed by atoms with Crippen LogP contribution >= 0.6 is 0 Å². The van der Waals surface area contributed by atoms with Crippen LogP contribution in [0.4, 0.5) is 0 Å². The summed E-state index contributed by atoms with van der Waals surface area (Å²) in [6, 6.07) is 8.20. The number of benzene rings is 1. The van der Waals surface area contributed by atoms with Crippen LogP contribution in [0.3, 0.4) is 0 Å². The van der Waals surface area contributed by atoms with E-state index < -0.39 is 21.6 Å². The number of Topliss-reactive ketones (excluding diaryl/α,β-unsaturated/α-hetero) is 1. The van der Waals surface area contributed by atoms with Gasteiger partial charge in [0, 0.05) is 5.56 Å². The molecule has 0 aromatic heterocycles. The molecule has 0 fully saturated rings. The number of carbonyl (C=O) groups is 1. The van der Waals surface area contributed by atoms with Crippen molar-refractivity contribution in [3.05, 3.63) is 35.9 Å². The minimum atomic E-state index is -3.69. The number of rotatable bonds is 5. The first kappa shape index (κ1) is 14.4. The van der Waals surface area contributed by atoms with E-state index in [9.17, 15) is 13.2 Å². The van der Waals surface area contributed by atoms with E-state index in [1.807, 2.05) is 0 Å². The van der Waals surface area contributed by atoms with Crippen LogP contribution in [0.5, 0.6) is 0 Å². The maximum Gasteiger partial charge on any atom is 0.219 e. The Balaban J connectivity index is 2.58. The van der Waals surface area contributed by atoms with Crippen molar-refractivity contribution in [2.75, 3.05) is 18.9 Å². The first-order valence-corrected chi connectivity index (χ1v) is 6.82. The highest BCUT2D eigenvalue weighted by Crippen LogP contribution is 2.01. The molecule has 5 nitrogen and oxygen atoms in total. The Kier molecular flexibility index (Phi) is 5.52. The van der Waals surface area contributed by atoms with Crippen LogP contribution in [-0.2, 0) is 10.0 Å². The highest BCUT2D eigenvalue weighted by atomic mass is 32.2. The summed E-state index contributed by atoms with van der Waals surface area (Å²) in [6.07, 6.45) is 0. The fraction of sp³-hybridized carbons (Fsp3) is 0.250. The number of hydrogen-bond donors (Lipinski definition) is 2. The maximum atomic E-state index is 11.7. The zero-order chi connectivity index (χ0) is 13.4. The van der Waals surface area contributed by atoms with Crippen LogP contribution in [0.25, 0.3) is 0 Å². The van der Waals surface area contributed by atoms with Gasteiger partial charge in [-0.05, 0) is 0 Å². The molecule has 0 spiro atoms. The second-order valence-electron chi connectivity index (χ2n) is 3.38. The van der Waals surface area contributed by atoms with E-state index in [4.69, 9.17) is 5.11 Å². The van der Waals surface area contributed by atoms with Gasteiger partial charge in [0.05, 0.1) is 6.54 Å². The molecular formula is C12H13NO4S. The van der Waals surface area contributed by atoms with Crippen LogP contribution < -0.4 is 4.72 Å². The molecule has 6 heteroatoms. The molecule has 0 saturated heterocycles. The average molecular weight is 267 g/mol. The lowest BCUT2D eigenvalue weighted by Crippen LogP contribution is -2.30.